The van der Waals surface area contributed by atoms with Crippen LogP contribution >= 0.6 is 0 Å². The molecule has 1 aromatic carbocycles. The van der Waals surface area contributed by atoms with Crippen LogP contribution in [0.1, 0.15) is 217 Å². The highest BCUT2D eigenvalue weighted by molar-refractivity contribution is 5.79. The van der Waals surface area contributed by atoms with Crippen molar-refractivity contribution in [2.24, 2.45) is 0 Å². The lowest BCUT2D eigenvalue weighted by molar-refractivity contribution is -0.0866. The SMILES string of the molecule is CCCCCCCCCCCCCCCCCCCCCCOC(CCCCCCCCCCC)Oc1ccc(C=O)c(OC)c1. The maximum atomic E-state index is 11.3. The molecule has 0 aliphatic heterocycles. The van der Waals surface area contributed by atoms with E-state index in [-0.39, 0.29) is 6.29 Å². The van der Waals surface area contributed by atoms with Gasteiger partial charge in [0.25, 0.3) is 0 Å². The topological polar surface area (TPSA) is 44.8 Å². The zero-order valence-corrected chi connectivity index (χ0v) is 30.9. The van der Waals surface area contributed by atoms with Crippen molar-refractivity contribution in [2.45, 2.75) is 213 Å². The average molecular weight is 645 g/mol. The number of aldehydes is 1. The van der Waals surface area contributed by atoms with Crippen LogP contribution in [0.4, 0.5) is 0 Å². The van der Waals surface area contributed by atoms with E-state index in [9.17, 15) is 4.79 Å². The Hall–Kier alpha value is -1.55. The van der Waals surface area contributed by atoms with Gasteiger partial charge < -0.3 is 14.2 Å². The number of ether oxygens (including phenoxy) is 3. The molecule has 0 heterocycles. The molecule has 4 heteroatoms. The predicted molar refractivity (Wildman–Crippen MR) is 199 cm³/mol. The van der Waals surface area contributed by atoms with E-state index < -0.39 is 0 Å². The molecule has 1 atom stereocenters. The van der Waals surface area contributed by atoms with Gasteiger partial charge in [-0.05, 0) is 25.0 Å². The number of rotatable bonds is 36. The minimum atomic E-state index is -0.253. The summed E-state index contributed by atoms with van der Waals surface area (Å²) in [6, 6.07) is 5.40. The standard InChI is InChI=1S/C42H76O4/c1-4-6-8-10-12-14-15-16-17-18-19-20-21-22-23-24-26-28-30-32-36-45-42(33-31-29-27-25-13-11-9-7-5-2)46-40-35-34-39(38-43)41(37-40)44-3/h34-35,37-38,42H,4-33,36H2,1-3H3. The van der Waals surface area contributed by atoms with Gasteiger partial charge in [-0.3, -0.25) is 4.79 Å². The van der Waals surface area contributed by atoms with Crippen molar-refractivity contribution in [1.29, 1.82) is 0 Å². The van der Waals surface area contributed by atoms with Gasteiger partial charge in [0.1, 0.15) is 11.5 Å². The zero-order chi connectivity index (χ0) is 33.2. The van der Waals surface area contributed by atoms with E-state index in [1.807, 2.05) is 6.07 Å². The first-order valence-corrected chi connectivity index (χ1v) is 20.2. The fourth-order valence-electron chi connectivity index (χ4n) is 6.38. The Labute approximate surface area is 286 Å². The second kappa shape index (κ2) is 33.4. The highest BCUT2D eigenvalue weighted by Crippen LogP contribution is 2.26. The number of carbonyl (C=O) groups excluding carboxylic acids is 1. The fraction of sp³-hybridized carbons (Fsp3) is 0.833. The molecule has 0 aromatic heterocycles. The summed E-state index contributed by atoms with van der Waals surface area (Å²) >= 11 is 0. The van der Waals surface area contributed by atoms with Gasteiger partial charge in [0, 0.05) is 12.5 Å². The minimum Gasteiger partial charge on any atom is -0.496 e. The van der Waals surface area contributed by atoms with Gasteiger partial charge >= 0.3 is 0 Å². The second-order valence-electron chi connectivity index (χ2n) is 13.8. The summed E-state index contributed by atoms with van der Waals surface area (Å²) in [5.74, 6) is 1.25. The molecule has 0 bridgehead atoms. The van der Waals surface area contributed by atoms with Crippen LogP contribution in [0.2, 0.25) is 0 Å². The molecule has 1 unspecified atom stereocenters. The molecular weight excluding hydrogens is 568 g/mol. The summed E-state index contributed by atoms with van der Waals surface area (Å²) in [5.41, 5.74) is 0.538. The number of carbonyl (C=O) groups is 1. The third-order valence-corrected chi connectivity index (χ3v) is 9.44. The molecule has 0 radical (unpaired) electrons. The van der Waals surface area contributed by atoms with Gasteiger partial charge in [0.15, 0.2) is 12.6 Å². The lowest BCUT2D eigenvalue weighted by atomic mass is 10.0. The summed E-state index contributed by atoms with van der Waals surface area (Å²) in [7, 11) is 1.59. The predicted octanol–water partition coefficient (Wildman–Crippen LogP) is 14.0. The Morgan fingerprint density at radius 3 is 1.33 bits per heavy atom. The molecule has 0 fully saturated rings. The van der Waals surface area contributed by atoms with Crippen molar-refractivity contribution in [2.75, 3.05) is 13.7 Å². The van der Waals surface area contributed by atoms with Gasteiger partial charge in [-0.15, -0.1) is 0 Å². The summed E-state index contributed by atoms with van der Waals surface area (Å²) in [6.07, 6.45) is 41.1. The zero-order valence-electron chi connectivity index (χ0n) is 30.9. The summed E-state index contributed by atoms with van der Waals surface area (Å²) < 4.78 is 17.9. The number of hydrogen-bond acceptors (Lipinski definition) is 4. The summed E-state index contributed by atoms with van der Waals surface area (Å²) in [5, 5.41) is 0. The molecular formula is C42H76O4. The van der Waals surface area contributed by atoms with E-state index in [2.05, 4.69) is 13.8 Å². The van der Waals surface area contributed by atoms with Crippen LogP contribution in [-0.4, -0.2) is 26.3 Å². The first-order chi connectivity index (χ1) is 22.7. The van der Waals surface area contributed by atoms with Crippen molar-refractivity contribution in [3.63, 3.8) is 0 Å². The smallest absolute Gasteiger partial charge is 0.199 e. The van der Waals surface area contributed by atoms with Crippen LogP contribution in [-0.2, 0) is 4.74 Å². The van der Waals surface area contributed by atoms with Gasteiger partial charge in [-0.25, -0.2) is 0 Å². The Morgan fingerprint density at radius 2 is 0.935 bits per heavy atom. The van der Waals surface area contributed by atoms with Crippen LogP contribution in [0.25, 0.3) is 0 Å². The highest BCUT2D eigenvalue weighted by Gasteiger charge is 2.13. The third-order valence-electron chi connectivity index (χ3n) is 9.44. The van der Waals surface area contributed by atoms with E-state index in [0.717, 1.165) is 32.2 Å². The first kappa shape index (κ1) is 42.5. The minimum absolute atomic E-state index is 0.253. The Morgan fingerprint density at radius 1 is 0.543 bits per heavy atom. The Bertz CT molecular complexity index is 779. The second-order valence-corrected chi connectivity index (χ2v) is 13.8. The van der Waals surface area contributed by atoms with Crippen LogP contribution < -0.4 is 9.47 Å². The summed E-state index contributed by atoms with van der Waals surface area (Å²) in [4.78, 5) is 11.3. The number of methoxy groups -OCH3 is 1. The molecule has 268 valence electrons. The average Bonchev–Trinajstić information content (AvgIpc) is 3.07. The van der Waals surface area contributed by atoms with Gasteiger partial charge in [0.2, 0.25) is 0 Å². The van der Waals surface area contributed by atoms with Crippen molar-refractivity contribution >= 4 is 6.29 Å². The van der Waals surface area contributed by atoms with Crippen molar-refractivity contribution in [3.8, 4) is 11.5 Å². The molecule has 1 aromatic rings. The van der Waals surface area contributed by atoms with E-state index >= 15 is 0 Å². The maximum absolute atomic E-state index is 11.3. The molecule has 0 saturated carbocycles. The van der Waals surface area contributed by atoms with Crippen LogP contribution in [0, 0.1) is 0 Å². The quantitative estimate of drug-likeness (QED) is 0.0414. The number of hydrogen-bond donors (Lipinski definition) is 0. The monoisotopic (exact) mass is 645 g/mol. The first-order valence-electron chi connectivity index (χ1n) is 20.2. The Balaban J connectivity index is 2.11. The van der Waals surface area contributed by atoms with Gasteiger partial charge in [-0.1, -0.05) is 187 Å². The molecule has 1 rings (SSSR count). The van der Waals surface area contributed by atoms with Crippen LogP contribution in [0.3, 0.4) is 0 Å². The van der Waals surface area contributed by atoms with Crippen LogP contribution in [0.15, 0.2) is 18.2 Å². The molecule has 0 N–H and O–H groups in total. The normalized spacial score (nSPS) is 12.0. The number of benzene rings is 1. The van der Waals surface area contributed by atoms with Crippen molar-refractivity contribution in [3.05, 3.63) is 23.8 Å². The Kier molecular flexibility index (Phi) is 30.8. The van der Waals surface area contributed by atoms with Gasteiger partial charge in [0.05, 0.1) is 19.3 Å². The number of unbranched alkanes of at least 4 members (excludes halogenated alkanes) is 27. The summed E-state index contributed by atoms with van der Waals surface area (Å²) in [6.45, 7) is 5.31. The van der Waals surface area contributed by atoms with Crippen molar-refractivity contribution in [1.82, 2.24) is 0 Å². The highest BCUT2D eigenvalue weighted by atomic mass is 16.7. The molecule has 4 nitrogen and oxygen atoms in total. The molecule has 0 spiro atoms. The molecule has 46 heavy (non-hydrogen) atoms. The molecule has 0 aliphatic rings. The molecule has 0 amide bonds. The van der Waals surface area contributed by atoms with Crippen molar-refractivity contribution < 1.29 is 19.0 Å². The lowest BCUT2D eigenvalue weighted by Gasteiger charge is -2.20. The third kappa shape index (κ3) is 25.5. The largest absolute Gasteiger partial charge is 0.496 e. The fourth-order valence-corrected chi connectivity index (χ4v) is 6.38. The maximum Gasteiger partial charge on any atom is 0.199 e. The van der Waals surface area contributed by atoms with E-state index in [0.29, 0.717) is 17.1 Å². The van der Waals surface area contributed by atoms with E-state index in [1.54, 1.807) is 19.2 Å². The lowest BCUT2D eigenvalue weighted by Crippen LogP contribution is -2.21. The van der Waals surface area contributed by atoms with Crippen LogP contribution in [0.5, 0.6) is 11.5 Å². The van der Waals surface area contributed by atoms with E-state index in [1.165, 1.54) is 173 Å². The molecule has 0 saturated heterocycles. The van der Waals surface area contributed by atoms with Gasteiger partial charge in [-0.2, -0.15) is 0 Å². The van der Waals surface area contributed by atoms with E-state index in [4.69, 9.17) is 14.2 Å². The molecule has 0 aliphatic carbocycles.